The van der Waals surface area contributed by atoms with Crippen LogP contribution in [0.25, 0.3) is 0 Å². The lowest BCUT2D eigenvalue weighted by molar-refractivity contribution is -0.116. The Hall–Kier alpha value is -1.93. The van der Waals surface area contributed by atoms with E-state index >= 15 is 0 Å². The molecule has 0 aromatic heterocycles. The van der Waals surface area contributed by atoms with Crippen molar-refractivity contribution in [2.75, 3.05) is 6.61 Å². The molecule has 0 aliphatic carbocycles. The van der Waals surface area contributed by atoms with E-state index < -0.39 is 0 Å². The van der Waals surface area contributed by atoms with Gasteiger partial charge in [-0.3, -0.25) is 4.79 Å². The number of allylic oxidation sites excluding steroid dienone is 11. The van der Waals surface area contributed by atoms with Gasteiger partial charge in [0.05, 0.1) is 6.61 Å². The number of ketones is 1. The molecule has 1 N–H and O–H groups in total. The number of aliphatic hydroxyl groups excluding tert-OH is 1. The zero-order valence-electron chi connectivity index (χ0n) is 13.5. The van der Waals surface area contributed by atoms with Crippen molar-refractivity contribution >= 4 is 5.78 Å². The summed E-state index contributed by atoms with van der Waals surface area (Å²) in [6.45, 7) is 7.58. The fourth-order valence-corrected chi connectivity index (χ4v) is 1.35. The average molecular weight is 286 g/mol. The molecule has 0 amide bonds. The lowest BCUT2D eigenvalue weighted by Crippen LogP contribution is -1.83. The molecule has 21 heavy (non-hydrogen) atoms. The Kier molecular flexibility index (Phi) is 10.8. The second-order valence-corrected chi connectivity index (χ2v) is 5.05. The van der Waals surface area contributed by atoms with Crippen LogP contribution in [-0.2, 0) is 4.79 Å². The van der Waals surface area contributed by atoms with Gasteiger partial charge in [-0.15, -0.1) is 0 Å². The second kappa shape index (κ2) is 11.9. The van der Waals surface area contributed by atoms with Crippen molar-refractivity contribution in [1.29, 1.82) is 0 Å². The summed E-state index contributed by atoms with van der Waals surface area (Å²) in [5.41, 5.74) is 3.17. The molecule has 0 spiro atoms. The van der Waals surface area contributed by atoms with E-state index in [2.05, 4.69) is 0 Å². The smallest absolute Gasteiger partial charge is 0.133 e. The summed E-state index contributed by atoms with van der Waals surface area (Å²) >= 11 is 0. The van der Waals surface area contributed by atoms with Crippen molar-refractivity contribution in [3.63, 3.8) is 0 Å². The van der Waals surface area contributed by atoms with Gasteiger partial charge in [-0.05, 0) is 33.3 Å². The molecule has 0 bridgehead atoms. The zero-order chi connectivity index (χ0) is 16.1. The Morgan fingerprint density at radius 2 is 1.43 bits per heavy atom. The van der Waals surface area contributed by atoms with Crippen molar-refractivity contribution in [3.05, 3.63) is 71.4 Å². The van der Waals surface area contributed by atoms with Crippen LogP contribution in [0.3, 0.4) is 0 Å². The third kappa shape index (κ3) is 12.8. The Morgan fingerprint density at radius 3 is 1.95 bits per heavy atom. The molecule has 0 aromatic carbocycles. The normalized spacial score (nSPS) is 14.8. The van der Waals surface area contributed by atoms with Gasteiger partial charge in [0, 0.05) is 6.42 Å². The fourth-order valence-electron chi connectivity index (χ4n) is 1.35. The van der Waals surface area contributed by atoms with Gasteiger partial charge < -0.3 is 5.11 Å². The van der Waals surface area contributed by atoms with Gasteiger partial charge >= 0.3 is 0 Å². The van der Waals surface area contributed by atoms with Crippen molar-refractivity contribution < 1.29 is 9.90 Å². The van der Waals surface area contributed by atoms with Gasteiger partial charge in [0.15, 0.2) is 0 Å². The van der Waals surface area contributed by atoms with Crippen LogP contribution in [0.4, 0.5) is 0 Å². The molecule has 0 aromatic rings. The Morgan fingerprint density at radius 1 is 0.857 bits per heavy atom. The molecule has 0 saturated heterocycles. The van der Waals surface area contributed by atoms with Crippen LogP contribution < -0.4 is 0 Å². The molecule has 0 atom stereocenters. The summed E-state index contributed by atoms with van der Waals surface area (Å²) in [4.78, 5) is 10.8. The van der Waals surface area contributed by atoms with Gasteiger partial charge in [-0.1, -0.05) is 65.8 Å². The zero-order valence-corrected chi connectivity index (χ0v) is 13.5. The van der Waals surface area contributed by atoms with Crippen LogP contribution in [0.2, 0.25) is 0 Å². The fraction of sp³-hybridized carbons (Fsp3) is 0.316. The molecule has 2 heteroatoms. The Balaban J connectivity index is 4.38. The van der Waals surface area contributed by atoms with Gasteiger partial charge in [0.25, 0.3) is 0 Å². The highest BCUT2D eigenvalue weighted by atomic mass is 16.3. The molecular formula is C19H26O2. The highest BCUT2D eigenvalue weighted by molar-refractivity contribution is 5.77. The second-order valence-electron chi connectivity index (χ2n) is 5.05. The lowest BCUT2D eigenvalue weighted by atomic mass is 10.2. The first-order valence-electron chi connectivity index (χ1n) is 7.08. The first-order chi connectivity index (χ1) is 9.95. The van der Waals surface area contributed by atoms with Crippen LogP contribution in [-0.4, -0.2) is 17.5 Å². The largest absolute Gasteiger partial charge is 0.392 e. The van der Waals surface area contributed by atoms with Crippen LogP contribution in [0.1, 0.15) is 34.1 Å². The van der Waals surface area contributed by atoms with Crippen molar-refractivity contribution in [3.8, 4) is 0 Å². The first kappa shape index (κ1) is 19.1. The van der Waals surface area contributed by atoms with Crippen LogP contribution in [0.15, 0.2) is 71.4 Å². The third-order valence-electron chi connectivity index (χ3n) is 2.60. The Labute approximate surface area is 128 Å². The standard InChI is InChI=1S/C19H26O2/c1-16(11-7-13-18(3)15-20)9-5-6-10-17(2)12-8-14-19(4)21/h5-13,20H,14-15H2,1-4H3/b6-5+,11-7+,12-8?,16-9+,17-10?,18-13+. The topological polar surface area (TPSA) is 37.3 Å². The first-order valence-corrected chi connectivity index (χ1v) is 7.08. The van der Waals surface area contributed by atoms with E-state index in [0.29, 0.717) is 6.42 Å². The predicted octanol–water partition coefficient (Wildman–Crippen LogP) is 4.47. The Bertz CT molecular complexity index is 498. The SMILES string of the molecule is CC(=O)CC=CC(C)=C/C=C/C=C(C)/C=C/C=C(\C)CO. The molecule has 0 heterocycles. The quantitative estimate of drug-likeness (QED) is 0.669. The van der Waals surface area contributed by atoms with Crippen LogP contribution >= 0.6 is 0 Å². The monoisotopic (exact) mass is 286 g/mol. The van der Waals surface area contributed by atoms with E-state index in [1.54, 1.807) is 6.92 Å². The average Bonchev–Trinajstić information content (AvgIpc) is 2.43. The number of rotatable bonds is 8. The van der Waals surface area contributed by atoms with Gasteiger partial charge in [0.2, 0.25) is 0 Å². The maximum atomic E-state index is 10.8. The lowest BCUT2D eigenvalue weighted by Gasteiger charge is -1.90. The minimum Gasteiger partial charge on any atom is -0.392 e. The summed E-state index contributed by atoms with van der Waals surface area (Å²) in [6.07, 6.45) is 18.1. The predicted molar refractivity (Wildman–Crippen MR) is 91.1 cm³/mol. The summed E-state index contributed by atoms with van der Waals surface area (Å²) in [5, 5.41) is 8.86. The maximum absolute atomic E-state index is 10.8. The van der Waals surface area contributed by atoms with E-state index in [1.807, 2.05) is 75.5 Å². The van der Waals surface area contributed by atoms with Gasteiger partial charge in [-0.2, -0.15) is 0 Å². The minimum atomic E-state index is 0.0915. The highest BCUT2D eigenvalue weighted by Crippen LogP contribution is 2.00. The molecule has 0 aliphatic rings. The van der Waals surface area contributed by atoms with E-state index in [-0.39, 0.29) is 12.4 Å². The van der Waals surface area contributed by atoms with E-state index in [1.165, 1.54) is 0 Å². The molecular weight excluding hydrogens is 260 g/mol. The molecule has 0 unspecified atom stereocenters. The third-order valence-corrected chi connectivity index (χ3v) is 2.60. The molecule has 2 nitrogen and oxygen atoms in total. The number of aliphatic hydroxyl groups is 1. The molecule has 0 saturated carbocycles. The van der Waals surface area contributed by atoms with Crippen LogP contribution in [0, 0.1) is 0 Å². The van der Waals surface area contributed by atoms with Gasteiger partial charge in [-0.25, -0.2) is 0 Å². The molecule has 114 valence electrons. The van der Waals surface area contributed by atoms with E-state index in [4.69, 9.17) is 5.11 Å². The number of carbonyl (C=O) groups is 1. The molecule has 0 fully saturated rings. The molecule has 0 radical (unpaired) electrons. The summed E-state index contributed by atoms with van der Waals surface area (Å²) < 4.78 is 0. The van der Waals surface area contributed by atoms with Crippen molar-refractivity contribution in [2.24, 2.45) is 0 Å². The number of hydrogen-bond acceptors (Lipinski definition) is 2. The number of hydrogen-bond donors (Lipinski definition) is 1. The number of Topliss-reactive ketones (excluding diaryl/α,β-unsaturated/α-hetero) is 1. The summed E-state index contributed by atoms with van der Waals surface area (Å²) in [7, 11) is 0. The number of carbonyl (C=O) groups excluding carboxylic acids is 1. The van der Waals surface area contributed by atoms with Crippen molar-refractivity contribution in [1.82, 2.24) is 0 Å². The van der Waals surface area contributed by atoms with Crippen LogP contribution in [0.5, 0.6) is 0 Å². The van der Waals surface area contributed by atoms with E-state index in [0.717, 1.165) is 16.7 Å². The van der Waals surface area contributed by atoms with Crippen molar-refractivity contribution in [2.45, 2.75) is 34.1 Å². The summed E-state index contributed by atoms with van der Waals surface area (Å²) in [6, 6.07) is 0. The highest BCUT2D eigenvalue weighted by Gasteiger charge is 1.85. The molecule has 0 aliphatic heterocycles. The minimum absolute atomic E-state index is 0.0915. The summed E-state index contributed by atoms with van der Waals surface area (Å²) in [5.74, 6) is 0.172. The molecule has 0 rings (SSSR count). The van der Waals surface area contributed by atoms with E-state index in [9.17, 15) is 4.79 Å². The van der Waals surface area contributed by atoms with Gasteiger partial charge in [0.1, 0.15) is 5.78 Å². The maximum Gasteiger partial charge on any atom is 0.133 e.